The Morgan fingerprint density at radius 2 is 2.00 bits per heavy atom. The molecule has 1 aliphatic carbocycles. The first-order valence-corrected chi connectivity index (χ1v) is 6.50. The molecule has 0 aromatic rings. The Kier molecular flexibility index (Phi) is 6.63. The van der Waals surface area contributed by atoms with E-state index in [0.29, 0.717) is 11.3 Å². The zero-order valence-electron chi connectivity index (χ0n) is 9.30. The molecular weight excluding hydrogens is 196 g/mol. The van der Waals surface area contributed by atoms with Crippen molar-refractivity contribution in [2.24, 2.45) is 5.92 Å². The van der Waals surface area contributed by atoms with Crippen LogP contribution in [0.1, 0.15) is 51.9 Å². The topological polar surface area (TPSA) is 9.23 Å². The second-order valence-corrected chi connectivity index (χ2v) is 4.88. The van der Waals surface area contributed by atoms with Crippen LogP contribution in [0, 0.1) is 5.92 Å². The number of unbranched alkanes of at least 4 members (excludes halogenated alkanes) is 1. The van der Waals surface area contributed by atoms with Crippen molar-refractivity contribution in [3.05, 3.63) is 0 Å². The fourth-order valence-electron chi connectivity index (χ4n) is 2.07. The van der Waals surface area contributed by atoms with Gasteiger partial charge >= 0.3 is 0 Å². The van der Waals surface area contributed by atoms with Crippen molar-refractivity contribution in [3.63, 3.8) is 0 Å². The van der Waals surface area contributed by atoms with Gasteiger partial charge in [-0.15, -0.1) is 11.6 Å². The van der Waals surface area contributed by atoms with E-state index in [1.807, 2.05) is 0 Å². The van der Waals surface area contributed by atoms with E-state index >= 15 is 0 Å². The first kappa shape index (κ1) is 12.3. The summed E-state index contributed by atoms with van der Waals surface area (Å²) in [6.45, 7) is 4.03. The Balaban J connectivity index is 1.99. The lowest BCUT2D eigenvalue weighted by atomic mass is 9.87. The van der Waals surface area contributed by atoms with E-state index in [-0.39, 0.29) is 0 Å². The third-order valence-electron chi connectivity index (χ3n) is 3.09. The van der Waals surface area contributed by atoms with Gasteiger partial charge in [-0.05, 0) is 31.6 Å². The van der Waals surface area contributed by atoms with Crippen LogP contribution in [0.2, 0.25) is 0 Å². The smallest absolute Gasteiger partial charge is 0.0469 e. The summed E-state index contributed by atoms with van der Waals surface area (Å²) < 4.78 is 5.57. The Morgan fingerprint density at radius 3 is 2.71 bits per heavy atom. The van der Waals surface area contributed by atoms with Crippen LogP contribution >= 0.6 is 11.6 Å². The summed E-state index contributed by atoms with van der Waals surface area (Å²) in [7, 11) is 0. The monoisotopic (exact) mass is 218 g/mol. The van der Waals surface area contributed by atoms with Crippen LogP contribution in [-0.2, 0) is 4.74 Å². The van der Waals surface area contributed by atoms with E-state index < -0.39 is 0 Å². The largest absolute Gasteiger partial charge is 0.381 e. The van der Waals surface area contributed by atoms with Crippen molar-refractivity contribution in [2.45, 2.75) is 57.2 Å². The highest BCUT2D eigenvalue weighted by molar-refractivity contribution is 6.20. The van der Waals surface area contributed by atoms with E-state index in [1.54, 1.807) is 0 Å². The molecule has 1 fully saturated rings. The highest BCUT2D eigenvalue weighted by Crippen LogP contribution is 2.30. The van der Waals surface area contributed by atoms with E-state index in [4.69, 9.17) is 16.3 Å². The molecule has 0 amide bonds. The molecule has 1 nitrogen and oxygen atoms in total. The molecule has 2 heteroatoms. The maximum Gasteiger partial charge on any atom is 0.0469 e. The van der Waals surface area contributed by atoms with E-state index in [1.165, 1.54) is 38.5 Å². The minimum atomic E-state index is 0.415. The molecule has 1 rings (SSSR count). The summed E-state index contributed by atoms with van der Waals surface area (Å²) in [6, 6.07) is 0. The number of hydrogen-bond donors (Lipinski definition) is 0. The maximum atomic E-state index is 6.27. The fourth-order valence-corrected chi connectivity index (χ4v) is 2.48. The lowest BCUT2D eigenvalue weighted by molar-refractivity contribution is 0.112. The van der Waals surface area contributed by atoms with E-state index in [2.05, 4.69) is 6.92 Å². The number of rotatable bonds is 6. The molecule has 1 saturated carbocycles. The second-order valence-electron chi connectivity index (χ2n) is 4.32. The summed E-state index contributed by atoms with van der Waals surface area (Å²) in [5.74, 6) is 0.715. The van der Waals surface area contributed by atoms with Crippen molar-refractivity contribution in [2.75, 3.05) is 13.2 Å². The number of ether oxygens (including phenoxy) is 1. The van der Waals surface area contributed by atoms with Crippen molar-refractivity contribution in [1.29, 1.82) is 0 Å². The van der Waals surface area contributed by atoms with Gasteiger partial charge in [0.25, 0.3) is 0 Å². The first-order valence-electron chi connectivity index (χ1n) is 6.06. The maximum absolute atomic E-state index is 6.27. The molecule has 0 bridgehead atoms. The average Bonchev–Trinajstić information content (AvgIpc) is 2.20. The van der Waals surface area contributed by atoms with Gasteiger partial charge in [-0.2, -0.15) is 0 Å². The summed E-state index contributed by atoms with van der Waals surface area (Å²) in [5.41, 5.74) is 0. The van der Waals surface area contributed by atoms with Crippen LogP contribution < -0.4 is 0 Å². The highest BCUT2D eigenvalue weighted by atomic mass is 35.5. The van der Waals surface area contributed by atoms with Crippen molar-refractivity contribution in [1.82, 2.24) is 0 Å². The van der Waals surface area contributed by atoms with Crippen molar-refractivity contribution >= 4 is 11.6 Å². The van der Waals surface area contributed by atoms with E-state index in [9.17, 15) is 0 Å². The molecule has 0 saturated heterocycles. The normalized spacial score (nSPS) is 27.9. The number of halogens is 1. The molecule has 0 N–H and O–H groups in total. The van der Waals surface area contributed by atoms with Gasteiger partial charge in [-0.1, -0.05) is 26.2 Å². The quantitative estimate of drug-likeness (QED) is 0.484. The Hall–Kier alpha value is 0.250. The van der Waals surface area contributed by atoms with Gasteiger partial charge in [0.05, 0.1) is 0 Å². The zero-order chi connectivity index (χ0) is 10.2. The predicted molar refractivity (Wildman–Crippen MR) is 61.9 cm³/mol. The summed E-state index contributed by atoms with van der Waals surface area (Å²) in [4.78, 5) is 0. The molecule has 0 aromatic heterocycles. The van der Waals surface area contributed by atoms with Gasteiger partial charge in [-0.25, -0.2) is 0 Å². The van der Waals surface area contributed by atoms with Crippen molar-refractivity contribution in [3.8, 4) is 0 Å². The lowest BCUT2D eigenvalue weighted by Gasteiger charge is -2.26. The molecule has 0 spiro atoms. The fraction of sp³-hybridized carbons (Fsp3) is 1.00. The molecule has 0 aromatic carbocycles. The molecule has 2 unspecified atom stereocenters. The third-order valence-corrected chi connectivity index (χ3v) is 3.67. The summed E-state index contributed by atoms with van der Waals surface area (Å²) in [5, 5.41) is 0.415. The van der Waals surface area contributed by atoms with Crippen LogP contribution in [0.25, 0.3) is 0 Å². The molecule has 0 radical (unpaired) electrons. The minimum Gasteiger partial charge on any atom is -0.381 e. The van der Waals surface area contributed by atoms with Crippen LogP contribution in [0.3, 0.4) is 0 Å². The Bertz CT molecular complexity index is 138. The van der Waals surface area contributed by atoms with Gasteiger partial charge < -0.3 is 4.74 Å². The third kappa shape index (κ3) is 4.65. The van der Waals surface area contributed by atoms with Gasteiger partial charge in [-0.3, -0.25) is 0 Å². The van der Waals surface area contributed by atoms with Gasteiger partial charge in [0, 0.05) is 18.6 Å². The molecule has 14 heavy (non-hydrogen) atoms. The summed E-state index contributed by atoms with van der Waals surface area (Å²) >= 11 is 6.27. The van der Waals surface area contributed by atoms with Gasteiger partial charge in [0.2, 0.25) is 0 Å². The zero-order valence-corrected chi connectivity index (χ0v) is 10.1. The molecule has 84 valence electrons. The second kappa shape index (κ2) is 7.53. The van der Waals surface area contributed by atoms with Crippen LogP contribution in [-0.4, -0.2) is 18.6 Å². The molecule has 0 heterocycles. The van der Waals surface area contributed by atoms with Crippen LogP contribution in [0.5, 0.6) is 0 Å². The van der Waals surface area contributed by atoms with Gasteiger partial charge in [0.1, 0.15) is 0 Å². The Labute approximate surface area is 93.2 Å². The molecule has 1 aliphatic rings. The molecular formula is C12H23ClO. The number of hydrogen-bond acceptors (Lipinski definition) is 1. The van der Waals surface area contributed by atoms with Crippen LogP contribution in [0.4, 0.5) is 0 Å². The minimum absolute atomic E-state index is 0.415. The number of alkyl halides is 1. The SMILES string of the molecule is CCCCOCCC1CCCCC1Cl. The van der Waals surface area contributed by atoms with E-state index in [0.717, 1.165) is 19.6 Å². The van der Waals surface area contributed by atoms with Crippen molar-refractivity contribution < 1.29 is 4.74 Å². The first-order chi connectivity index (χ1) is 6.84. The summed E-state index contributed by atoms with van der Waals surface area (Å²) in [6.07, 6.45) is 8.78. The molecule has 2 atom stereocenters. The Morgan fingerprint density at radius 1 is 1.21 bits per heavy atom. The highest BCUT2D eigenvalue weighted by Gasteiger charge is 2.22. The van der Waals surface area contributed by atoms with Gasteiger partial charge in [0.15, 0.2) is 0 Å². The lowest BCUT2D eigenvalue weighted by Crippen LogP contribution is -2.21. The average molecular weight is 219 g/mol. The predicted octanol–water partition coefficient (Wildman–Crippen LogP) is 3.99. The van der Waals surface area contributed by atoms with Crippen LogP contribution in [0.15, 0.2) is 0 Å². The molecule has 0 aliphatic heterocycles. The standard InChI is InChI=1S/C12H23ClO/c1-2-3-9-14-10-8-11-6-4-5-7-12(11)13/h11-12H,2-10H2,1H3.